The van der Waals surface area contributed by atoms with E-state index in [0.717, 1.165) is 12.8 Å². The highest BCUT2D eigenvalue weighted by Gasteiger charge is 2.40. The quantitative estimate of drug-likeness (QED) is 0.844. The van der Waals surface area contributed by atoms with Crippen molar-refractivity contribution in [1.29, 1.82) is 0 Å². The zero-order valence-corrected chi connectivity index (χ0v) is 9.39. The Bertz CT molecular complexity index is 328. The van der Waals surface area contributed by atoms with E-state index in [9.17, 15) is 4.39 Å². The molecule has 1 heterocycles. The van der Waals surface area contributed by atoms with Gasteiger partial charge in [-0.25, -0.2) is 4.39 Å². The third kappa shape index (κ3) is 1.73. The van der Waals surface area contributed by atoms with E-state index in [2.05, 4.69) is 15.9 Å². The van der Waals surface area contributed by atoms with Crippen molar-refractivity contribution in [3.8, 4) is 0 Å². The van der Waals surface area contributed by atoms with Crippen LogP contribution in [0.4, 0.5) is 4.39 Å². The second-order valence-electron chi connectivity index (χ2n) is 3.92. The third-order valence-corrected chi connectivity index (χ3v) is 3.38. The Morgan fingerprint density at radius 2 is 2.43 bits per heavy atom. The van der Waals surface area contributed by atoms with Gasteiger partial charge in [-0.3, -0.25) is 0 Å². The summed E-state index contributed by atoms with van der Waals surface area (Å²) in [6.07, 6.45) is 4.10. The van der Waals surface area contributed by atoms with E-state index in [1.165, 1.54) is 6.26 Å². The lowest BCUT2D eigenvalue weighted by molar-refractivity contribution is 0.0680. The first-order valence-electron chi connectivity index (χ1n) is 4.80. The summed E-state index contributed by atoms with van der Waals surface area (Å²) in [5.41, 5.74) is 4.39. The Hall–Kier alpha value is -0.350. The largest absolute Gasteiger partial charge is 0.465 e. The van der Waals surface area contributed by atoms with Gasteiger partial charge in [-0.2, -0.15) is 0 Å². The summed E-state index contributed by atoms with van der Waals surface area (Å²) >= 11 is 3.28. The molecule has 2 rings (SSSR count). The number of furan rings is 1. The molecular formula is C10H13BrFNO. The van der Waals surface area contributed by atoms with Crippen LogP contribution in [0.15, 0.2) is 21.2 Å². The van der Waals surface area contributed by atoms with Gasteiger partial charge in [0.1, 0.15) is 0 Å². The molecule has 1 aliphatic carbocycles. The van der Waals surface area contributed by atoms with Gasteiger partial charge in [0, 0.05) is 12.5 Å². The molecule has 0 aliphatic heterocycles. The first-order chi connectivity index (χ1) is 6.62. The first-order valence-corrected chi connectivity index (χ1v) is 5.59. The molecule has 0 radical (unpaired) electrons. The fraction of sp³-hybridized carbons (Fsp3) is 0.600. The number of nitrogens with two attached hydrogens (primary N) is 1. The summed E-state index contributed by atoms with van der Waals surface area (Å²) < 4.78 is 20.3. The van der Waals surface area contributed by atoms with Gasteiger partial charge in [-0.05, 0) is 41.3 Å². The molecule has 1 fully saturated rings. The first kappa shape index (κ1) is 10.2. The number of alkyl halides is 1. The van der Waals surface area contributed by atoms with Crippen LogP contribution in [0.1, 0.15) is 31.4 Å². The smallest absolute Gasteiger partial charge is 0.170 e. The van der Waals surface area contributed by atoms with Crippen LogP contribution in [0.3, 0.4) is 0 Å². The molecule has 2 atom stereocenters. The van der Waals surface area contributed by atoms with Crippen LogP contribution in [-0.4, -0.2) is 6.04 Å². The van der Waals surface area contributed by atoms with Crippen molar-refractivity contribution in [3.05, 3.63) is 22.6 Å². The van der Waals surface area contributed by atoms with Gasteiger partial charge in [0.25, 0.3) is 0 Å². The molecule has 0 amide bonds. The zero-order chi connectivity index (χ0) is 10.2. The molecule has 14 heavy (non-hydrogen) atoms. The SMILES string of the molecule is NC1CCCC(F)(c2occc2Br)C1. The number of halogens is 2. The van der Waals surface area contributed by atoms with E-state index in [0.29, 0.717) is 23.1 Å². The topological polar surface area (TPSA) is 39.2 Å². The average molecular weight is 262 g/mol. The van der Waals surface area contributed by atoms with Crippen LogP contribution in [0, 0.1) is 0 Å². The van der Waals surface area contributed by atoms with E-state index in [1.807, 2.05) is 0 Å². The Labute approximate surface area is 90.8 Å². The van der Waals surface area contributed by atoms with Gasteiger partial charge in [0.2, 0.25) is 0 Å². The molecule has 2 nitrogen and oxygen atoms in total. The predicted octanol–water partition coefficient (Wildman–Crippen LogP) is 3.11. The van der Waals surface area contributed by atoms with Gasteiger partial charge < -0.3 is 10.2 Å². The maximum absolute atomic E-state index is 14.4. The van der Waals surface area contributed by atoms with Gasteiger partial charge in [-0.15, -0.1) is 0 Å². The van der Waals surface area contributed by atoms with E-state index in [1.54, 1.807) is 6.07 Å². The maximum atomic E-state index is 14.4. The normalized spacial score (nSPS) is 33.2. The minimum absolute atomic E-state index is 0.0502. The summed E-state index contributed by atoms with van der Waals surface area (Å²) in [5.74, 6) is 0.396. The van der Waals surface area contributed by atoms with Crippen LogP contribution < -0.4 is 5.73 Å². The van der Waals surface area contributed by atoms with Crippen molar-refractivity contribution in [3.63, 3.8) is 0 Å². The summed E-state index contributed by atoms with van der Waals surface area (Å²) in [4.78, 5) is 0. The molecule has 1 aliphatic rings. The number of hydrogen-bond donors (Lipinski definition) is 1. The molecular weight excluding hydrogens is 249 g/mol. The maximum Gasteiger partial charge on any atom is 0.170 e. The molecule has 2 N–H and O–H groups in total. The lowest BCUT2D eigenvalue weighted by Gasteiger charge is -2.31. The monoisotopic (exact) mass is 261 g/mol. The molecule has 4 heteroatoms. The summed E-state index contributed by atoms with van der Waals surface area (Å²) in [5, 5.41) is 0. The lowest BCUT2D eigenvalue weighted by atomic mass is 9.82. The standard InChI is InChI=1S/C10H13BrFNO/c11-8-3-5-14-9(8)10(12)4-1-2-7(13)6-10/h3,5,7H,1-2,4,6,13H2. The summed E-state index contributed by atoms with van der Waals surface area (Å²) in [6, 6.07) is 1.67. The predicted molar refractivity (Wildman–Crippen MR) is 55.6 cm³/mol. The lowest BCUT2D eigenvalue weighted by Crippen LogP contribution is -2.36. The highest BCUT2D eigenvalue weighted by Crippen LogP contribution is 2.43. The minimum atomic E-state index is -1.38. The Balaban J connectivity index is 2.27. The van der Waals surface area contributed by atoms with E-state index in [-0.39, 0.29) is 6.04 Å². The fourth-order valence-corrected chi connectivity index (χ4v) is 2.64. The highest BCUT2D eigenvalue weighted by atomic mass is 79.9. The molecule has 1 aromatic rings. The van der Waals surface area contributed by atoms with E-state index >= 15 is 0 Å². The van der Waals surface area contributed by atoms with E-state index < -0.39 is 5.67 Å². The zero-order valence-electron chi connectivity index (χ0n) is 7.80. The van der Waals surface area contributed by atoms with Crippen molar-refractivity contribution in [2.45, 2.75) is 37.4 Å². The Morgan fingerprint density at radius 1 is 1.64 bits per heavy atom. The number of rotatable bonds is 1. The molecule has 0 bridgehead atoms. The second kappa shape index (κ2) is 3.66. The highest BCUT2D eigenvalue weighted by molar-refractivity contribution is 9.10. The Morgan fingerprint density at radius 3 is 3.00 bits per heavy atom. The third-order valence-electron chi connectivity index (χ3n) is 2.76. The Kier molecular flexibility index (Phi) is 2.66. The molecule has 0 aromatic carbocycles. The van der Waals surface area contributed by atoms with Crippen LogP contribution >= 0.6 is 15.9 Å². The van der Waals surface area contributed by atoms with Crippen molar-refractivity contribution < 1.29 is 8.81 Å². The van der Waals surface area contributed by atoms with Crippen molar-refractivity contribution in [2.75, 3.05) is 0 Å². The summed E-state index contributed by atoms with van der Waals surface area (Å²) in [6.45, 7) is 0. The van der Waals surface area contributed by atoms with Gasteiger partial charge in [0.15, 0.2) is 11.4 Å². The van der Waals surface area contributed by atoms with Crippen LogP contribution in [0.5, 0.6) is 0 Å². The van der Waals surface area contributed by atoms with Crippen molar-refractivity contribution in [2.24, 2.45) is 5.73 Å². The summed E-state index contributed by atoms with van der Waals surface area (Å²) in [7, 11) is 0. The molecule has 78 valence electrons. The van der Waals surface area contributed by atoms with Crippen molar-refractivity contribution >= 4 is 15.9 Å². The molecule has 0 saturated heterocycles. The van der Waals surface area contributed by atoms with Gasteiger partial charge >= 0.3 is 0 Å². The molecule has 0 spiro atoms. The molecule has 1 aromatic heterocycles. The van der Waals surface area contributed by atoms with Gasteiger partial charge in [-0.1, -0.05) is 0 Å². The minimum Gasteiger partial charge on any atom is -0.465 e. The number of hydrogen-bond acceptors (Lipinski definition) is 2. The second-order valence-corrected chi connectivity index (χ2v) is 4.77. The van der Waals surface area contributed by atoms with Crippen LogP contribution in [0.25, 0.3) is 0 Å². The van der Waals surface area contributed by atoms with E-state index in [4.69, 9.17) is 10.2 Å². The van der Waals surface area contributed by atoms with Crippen molar-refractivity contribution in [1.82, 2.24) is 0 Å². The van der Waals surface area contributed by atoms with Gasteiger partial charge in [0.05, 0.1) is 10.7 Å². The average Bonchev–Trinajstić information content (AvgIpc) is 2.51. The molecule has 2 unspecified atom stereocenters. The van der Waals surface area contributed by atoms with Crippen LogP contribution in [0.2, 0.25) is 0 Å². The van der Waals surface area contributed by atoms with Crippen LogP contribution in [-0.2, 0) is 5.67 Å². The fourth-order valence-electron chi connectivity index (χ4n) is 2.08. The molecule has 1 saturated carbocycles.